The van der Waals surface area contributed by atoms with Gasteiger partial charge in [0.2, 0.25) is 0 Å². The smallest absolute Gasteiger partial charge is 0.193 e. The minimum absolute atomic E-state index is 0.0352. The van der Waals surface area contributed by atoms with Gasteiger partial charge in [0.05, 0.1) is 32.1 Å². The molecule has 0 saturated heterocycles. The number of likely N-dealkylation sites (N-methyl/N-ethyl adjacent to an activating group) is 1. The van der Waals surface area contributed by atoms with E-state index in [0.717, 1.165) is 18.3 Å². The van der Waals surface area contributed by atoms with Gasteiger partial charge in [-0.1, -0.05) is 18.2 Å². The Morgan fingerprint density at radius 2 is 1.92 bits per heavy atom. The Kier molecular flexibility index (Phi) is 9.94. The highest BCUT2D eigenvalue weighted by Gasteiger charge is 2.06. The monoisotopic (exact) mass is 371 g/mol. The third-order valence-corrected chi connectivity index (χ3v) is 4.14. The van der Waals surface area contributed by atoms with Crippen LogP contribution in [0.2, 0.25) is 0 Å². The summed E-state index contributed by atoms with van der Waals surface area (Å²) >= 11 is 0. The van der Waals surface area contributed by atoms with Crippen molar-refractivity contribution in [3.8, 4) is 5.75 Å². The molecule has 8 heteroatoms. The maximum Gasteiger partial charge on any atom is 0.193 e. The second-order valence-electron chi connectivity index (χ2n) is 5.56. The number of nitrogens with zero attached hydrogens (tertiary/aromatic N) is 2. The molecule has 0 aliphatic rings. The number of sulfone groups is 1. The summed E-state index contributed by atoms with van der Waals surface area (Å²) in [5.74, 6) is 1.65. The summed E-state index contributed by atoms with van der Waals surface area (Å²) in [6, 6.07) is 9.68. The summed E-state index contributed by atoms with van der Waals surface area (Å²) in [5, 5.41) is 3.22. The average Bonchev–Trinajstić information content (AvgIpc) is 2.57. The van der Waals surface area contributed by atoms with Gasteiger partial charge in [-0.3, -0.25) is 4.99 Å². The fraction of sp³-hybridized carbons (Fsp3) is 0.588. The lowest BCUT2D eigenvalue weighted by molar-refractivity contribution is 0.157. The first-order valence-corrected chi connectivity index (χ1v) is 10.4. The van der Waals surface area contributed by atoms with Crippen molar-refractivity contribution in [1.29, 1.82) is 0 Å². The fourth-order valence-electron chi connectivity index (χ4n) is 1.92. The van der Waals surface area contributed by atoms with Gasteiger partial charge in [0, 0.05) is 19.8 Å². The molecule has 0 spiro atoms. The summed E-state index contributed by atoms with van der Waals surface area (Å²) in [4.78, 5) is 6.46. The van der Waals surface area contributed by atoms with Crippen LogP contribution < -0.4 is 10.1 Å². The lowest BCUT2D eigenvalue weighted by Gasteiger charge is -2.22. The van der Waals surface area contributed by atoms with Crippen molar-refractivity contribution in [3.05, 3.63) is 30.3 Å². The van der Waals surface area contributed by atoms with Crippen molar-refractivity contribution in [2.24, 2.45) is 4.99 Å². The molecule has 1 N–H and O–H groups in total. The van der Waals surface area contributed by atoms with E-state index < -0.39 is 9.84 Å². The van der Waals surface area contributed by atoms with E-state index in [1.807, 2.05) is 49.2 Å². The SMILES string of the molecule is CCNC(=NCCOCCS(C)(=O)=O)N(C)CCOc1ccccc1. The van der Waals surface area contributed by atoms with Crippen LogP contribution in [-0.2, 0) is 14.6 Å². The van der Waals surface area contributed by atoms with Crippen molar-refractivity contribution in [3.63, 3.8) is 0 Å². The number of rotatable bonds is 11. The van der Waals surface area contributed by atoms with E-state index in [4.69, 9.17) is 9.47 Å². The molecule has 0 radical (unpaired) electrons. The lowest BCUT2D eigenvalue weighted by atomic mass is 10.3. The van der Waals surface area contributed by atoms with Crippen LogP contribution in [0.3, 0.4) is 0 Å². The van der Waals surface area contributed by atoms with Gasteiger partial charge < -0.3 is 19.7 Å². The molecule has 0 aliphatic heterocycles. The highest BCUT2D eigenvalue weighted by atomic mass is 32.2. The van der Waals surface area contributed by atoms with Crippen molar-refractivity contribution in [2.45, 2.75) is 6.92 Å². The number of guanidine groups is 1. The summed E-state index contributed by atoms with van der Waals surface area (Å²) in [5.41, 5.74) is 0. The molecule has 0 atom stereocenters. The first-order valence-electron chi connectivity index (χ1n) is 8.35. The highest BCUT2D eigenvalue weighted by Crippen LogP contribution is 2.07. The summed E-state index contributed by atoms with van der Waals surface area (Å²) in [6.45, 7) is 5.07. The van der Waals surface area contributed by atoms with Crippen LogP contribution >= 0.6 is 0 Å². The normalized spacial score (nSPS) is 12.0. The van der Waals surface area contributed by atoms with Gasteiger partial charge in [0.25, 0.3) is 0 Å². The van der Waals surface area contributed by atoms with Crippen LogP contribution in [0.4, 0.5) is 0 Å². The van der Waals surface area contributed by atoms with E-state index in [-0.39, 0.29) is 12.4 Å². The van der Waals surface area contributed by atoms with Crippen LogP contribution in [0.25, 0.3) is 0 Å². The zero-order valence-corrected chi connectivity index (χ0v) is 16.1. The van der Waals surface area contributed by atoms with Crippen molar-refractivity contribution >= 4 is 15.8 Å². The molecule has 1 aromatic rings. The Balaban J connectivity index is 2.32. The Labute approximate surface area is 151 Å². The molecule has 25 heavy (non-hydrogen) atoms. The van der Waals surface area contributed by atoms with Gasteiger partial charge in [-0.25, -0.2) is 8.42 Å². The number of benzene rings is 1. The van der Waals surface area contributed by atoms with Crippen molar-refractivity contribution in [2.75, 3.05) is 58.5 Å². The van der Waals surface area contributed by atoms with Crippen molar-refractivity contribution < 1.29 is 17.9 Å². The number of ether oxygens (including phenoxy) is 2. The molecule has 7 nitrogen and oxygen atoms in total. The molecule has 0 heterocycles. The second-order valence-corrected chi connectivity index (χ2v) is 7.82. The standard InChI is InChI=1S/C17H29N3O4S/c1-4-18-17(19-10-12-23-14-15-25(3,21)22)20(2)11-13-24-16-8-6-5-7-9-16/h5-9H,4,10-15H2,1-3H3,(H,18,19). The Bertz CT molecular complexity index is 606. The number of hydrogen-bond acceptors (Lipinski definition) is 5. The predicted octanol–water partition coefficient (Wildman–Crippen LogP) is 1.02. The maximum atomic E-state index is 11.0. The fourth-order valence-corrected chi connectivity index (χ4v) is 2.34. The zero-order chi connectivity index (χ0) is 18.5. The summed E-state index contributed by atoms with van der Waals surface area (Å²) < 4.78 is 33.0. The minimum atomic E-state index is -2.98. The van der Waals surface area contributed by atoms with Crippen LogP contribution in [0.15, 0.2) is 35.3 Å². The Morgan fingerprint density at radius 3 is 2.56 bits per heavy atom. The molecule has 1 rings (SSSR count). The van der Waals surface area contributed by atoms with E-state index in [1.165, 1.54) is 6.26 Å². The van der Waals surface area contributed by atoms with Gasteiger partial charge >= 0.3 is 0 Å². The zero-order valence-electron chi connectivity index (χ0n) is 15.3. The predicted molar refractivity (Wildman–Crippen MR) is 101 cm³/mol. The number of hydrogen-bond donors (Lipinski definition) is 1. The molecular formula is C17H29N3O4S. The Morgan fingerprint density at radius 1 is 1.20 bits per heavy atom. The molecule has 0 fully saturated rings. The molecule has 0 amide bonds. The first kappa shape index (κ1) is 21.2. The summed E-state index contributed by atoms with van der Waals surface area (Å²) in [7, 11) is -1.03. The molecule has 1 aromatic carbocycles. The molecule has 0 saturated carbocycles. The van der Waals surface area contributed by atoms with Crippen molar-refractivity contribution in [1.82, 2.24) is 10.2 Å². The number of para-hydroxylation sites is 1. The molecule has 0 aliphatic carbocycles. The van der Waals surface area contributed by atoms with Crippen LogP contribution in [-0.4, -0.2) is 77.8 Å². The first-order chi connectivity index (χ1) is 11.9. The quantitative estimate of drug-likeness (QED) is 0.355. The number of nitrogens with one attached hydrogen (secondary N) is 1. The van der Waals surface area contributed by atoms with E-state index in [1.54, 1.807) is 0 Å². The van der Waals surface area contributed by atoms with E-state index in [9.17, 15) is 8.42 Å². The average molecular weight is 372 g/mol. The highest BCUT2D eigenvalue weighted by molar-refractivity contribution is 7.90. The molecule has 142 valence electrons. The van der Waals surface area contributed by atoms with Gasteiger partial charge in [0.15, 0.2) is 5.96 Å². The van der Waals surface area contributed by atoms with Gasteiger partial charge in [-0.2, -0.15) is 0 Å². The minimum Gasteiger partial charge on any atom is -0.492 e. The van der Waals surface area contributed by atoms with E-state index in [2.05, 4.69) is 10.3 Å². The third-order valence-electron chi connectivity index (χ3n) is 3.23. The number of aliphatic imine (C=N–C) groups is 1. The molecule has 0 bridgehead atoms. The second kappa shape index (κ2) is 11.7. The van der Waals surface area contributed by atoms with Gasteiger partial charge in [0.1, 0.15) is 22.2 Å². The molecule has 0 unspecified atom stereocenters. The third kappa shape index (κ3) is 10.6. The Hall–Kier alpha value is -1.80. The lowest BCUT2D eigenvalue weighted by Crippen LogP contribution is -2.41. The molecule has 0 aromatic heterocycles. The van der Waals surface area contributed by atoms with Crippen LogP contribution in [0.1, 0.15) is 6.92 Å². The van der Waals surface area contributed by atoms with Crippen LogP contribution in [0, 0.1) is 0 Å². The van der Waals surface area contributed by atoms with Gasteiger partial charge in [-0.05, 0) is 19.1 Å². The largest absolute Gasteiger partial charge is 0.492 e. The summed E-state index contributed by atoms with van der Waals surface area (Å²) in [6.07, 6.45) is 1.20. The van der Waals surface area contributed by atoms with E-state index >= 15 is 0 Å². The topological polar surface area (TPSA) is 80.2 Å². The van der Waals surface area contributed by atoms with Crippen LogP contribution in [0.5, 0.6) is 5.75 Å². The maximum absolute atomic E-state index is 11.0. The molecular weight excluding hydrogens is 342 g/mol. The van der Waals surface area contributed by atoms with Gasteiger partial charge in [-0.15, -0.1) is 0 Å². The van der Waals surface area contributed by atoms with E-state index in [0.29, 0.717) is 26.3 Å².